The van der Waals surface area contributed by atoms with Gasteiger partial charge in [0.2, 0.25) is 5.91 Å². The molecule has 1 aliphatic rings. The van der Waals surface area contributed by atoms with Crippen LogP contribution in [0.25, 0.3) is 10.9 Å². The number of piperidine rings is 1. The molecule has 0 atom stereocenters. The summed E-state index contributed by atoms with van der Waals surface area (Å²) in [6.45, 7) is 2.13. The fraction of sp³-hybridized carbons (Fsp3) is 0.438. The summed E-state index contributed by atoms with van der Waals surface area (Å²) in [5.74, 6) is 0.129. The van der Waals surface area contributed by atoms with Gasteiger partial charge in [-0.05, 0) is 44.6 Å². The number of carbonyl (C=O) groups excluding carboxylic acids is 1. The average Bonchev–Trinajstić information content (AvgIpc) is 2.85. The van der Waals surface area contributed by atoms with Gasteiger partial charge in [0.1, 0.15) is 0 Å². The lowest BCUT2D eigenvalue weighted by molar-refractivity contribution is -0.121. The van der Waals surface area contributed by atoms with Crippen molar-refractivity contribution in [1.82, 2.24) is 15.2 Å². The monoisotopic (exact) mass is 271 g/mol. The van der Waals surface area contributed by atoms with Gasteiger partial charge in [0.15, 0.2) is 0 Å². The molecule has 1 fully saturated rings. The van der Waals surface area contributed by atoms with E-state index >= 15 is 0 Å². The molecular weight excluding hydrogens is 250 g/mol. The van der Waals surface area contributed by atoms with Crippen LogP contribution < -0.4 is 5.32 Å². The molecule has 1 aromatic carbocycles. The van der Waals surface area contributed by atoms with Crippen LogP contribution in [0.2, 0.25) is 0 Å². The zero-order valence-corrected chi connectivity index (χ0v) is 11.9. The number of benzene rings is 1. The Bertz CT molecular complexity index is 597. The van der Waals surface area contributed by atoms with Gasteiger partial charge < -0.3 is 15.2 Å². The van der Waals surface area contributed by atoms with Crippen molar-refractivity contribution < 1.29 is 4.79 Å². The summed E-state index contributed by atoms with van der Waals surface area (Å²) in [5.41, 5.74) is 2.17. The van der Waals surface area contributed by atoms with E-state index in [-0.39, 0.29) is 5.91 Å². The van der Waals surface area contributed by atoms with Crippen molar-refractivity contribution in [1.29, 1.82) is 0 Å². The Morgan fingerprint density at radius 3 is 2.90 bits per heavy atom. The Morgan fingerprint density at radius 1 is 1.35 bits per heavy atom. The summed E-state index contributed by atoms with van der Waals surface area (Å²) in [6, 6.07) is 8.44. The van der Waals surface area contributed by atoms with Crippen LogP contribution in [0, 0.1) is 0 Å². The first-order chi connectivity index (χ1) is 9.72. The minimum atomic E-state index is 0.129. The number of fused-ring (bicyclic) bond motifs is 1. The van der Waals surface area contributed by atoms with E-state index < -0.39 is 0 Å². The second kappa shape index (κ2) is 5.67. The first kappa shape index (κ1) is 13.2. The molecule has 1 amide bonds. The normalized spacial score (nSPS) is 17.4. The van der Waals surface area contributed by atoms with Crippen molar-refractivity contribution in [3.63, 3.8) is 0 Å². The molecule has 0 saturated carbocycles. The lowest BCUT2D eigenvalue weighted by atomic mass is 10.0. The molecule has 0 spiro atoms. The van der Waals surface area contributed by atoms with Gasteiger partial charge in [0, 0.05) is 23.1 Å². The molecule has 2 N–H and O–H groups in total. The molecule has 0 aliphatic carbocycles. The maximum Gasteiger partial charge on any atom is 0.224 e. The van der Waals surface area contributed by atoms with Crippen molar-refractivity contribution >= 4 is 16.8 Å². The number of hydrogen-bond donors (Lipinski definition) is 2. The molecule has 0 radical (unpaired) electrons. The number of aromatic nitrogens is 1. The Morgan fingerprint density at radius 2 is 2.10 bits per heavy atom. The molecule has 4 heteroatoms. The van der Waals surface area contributed by atoms with Crippen molar-refractivity contribution in [2.45, 2.75) is 25.3 Å². The second-order valence-corrected chi connectivity index (χ2v) is 5.68. The highest BCUT2D eigenvalue weighted by Gasteiger charge is 2.18. The highest BCUT2D eigenvalue weighted by Crippen LogP contribution is 2.18. The lowest BCUT2D eigenvalue weighted by Crippen LogP contribution is -2.43. The summed E-state index contributed by atoms with van der Waals surface area (Å²) in [6.07, 6.45) is 4.50. The third-order valence-electron chi connectivity index (χ3n) is 4.11. The van der Waals surface area contributed by atoms with Gasteiger partial charge in [-0.1, -0.05) is 18.2 Å². The van der Waals surface area contributed by atoms with Gasteiger partial charge in [-0.15, -0.1) is 0 Å². The third-order valence-corrected chi connectivity index (χ3v) is 4.11. The van der Waals surface area contributed by atoms with E-state index in [2.05, 4.69) is 28.3 Å². The highest BCUT2D eigenvalue weighted by molar-refractivity contribution is 5.88. The molecule has 1 aliphatic heterocycles. The van der Waals surface area contributed by atoms with E-state index in [1.54, 1.807) is 0 Å². The van der Waals surface area contributed by atoms with E-state index in [0.29, 0.717) is 12.5 Å². The predicted molar refractivity (Wildman–Crippen MR) is 80.7 cm³/mol. The van der Waals surface area contributed by atoms with Gasteiger partial charge in [-0.2, -0.15) is 0 Å². The molecular formula is C16H21N3O. The number of para-hydroxylation sites is 1. The molecule has 0 unspecified atom stereocenters. The number of rotatable bonds is 3. The molecule has 1 aromatic heterocycles. The van der Waals surface area contributed by atoms with Gasteiger partial charge in [0.05, 0.1) is 6.42 Å². The summed E-state index contributed by atoms with van der Waals surface area (Å²) in [5, 5.41) is 4.31. The van der Waals surface area contributed by atoms with Crippen LogP contribution in [-0.4, -0.2) is 42.0 Å². The molecule has 20 heavy (non-hydrogen) atoms. The Kier molecular flexibility index (Phi) is 3.74. The first-order valence-corrected chi connectivity index (χ1v) is 7.25. The fourth-order valence-corrected chi connectivity index (χ4v) is 2.88. The average molecular weight is 271 g/mol. The number of likely N-dealkylation sites (tertiary alicyclic amines) is 1. The van der Waals surface area contributed by atoms with E-state index in [1.807, 2.05) is 24.4 Å². The fourth-order valence-electron chi connectivity index (χ4n) is 2.88. The molecule has 106 valence electrons. The van der Waals surface area contributed by atoms with Crippen LogP contribution >= 0.6 is 0 Å². The van der Waals surface area contributed by atoms with Gasteiger partial charge in [-0.3, -0.25) is 4.79 Å². The SMILES string of the molecule is CN1CCC(NC(=O)Cc2c[nH]c3ccccc23)CC1. The van der Waals surface area contributed by atoms with E-state index in [0.717, 1.165) is 42.4 Å². The first-order valence-electron chi connectivity index (χ1n) is 7.25. The van der Waals surface area contributed by atoms with E-state index in [4.69, 9.17) is 0 Å². The van der Waals surface area contributed by atoms with Crippen molar-refractivity contribution in [2.75, 3.05) is 20.1 Å². The highest BCUT2D eigenvalue weighted by atomic mass is 16.1. The quantitative estimate of drug-likeness (QED) is 0.896. The minimum absolute atomic E-state index is 0.129. The number of aromatic amines is 1. The Labute approximate surface area is 119 Å². The van der Waals surface area contributed by atoms with E-state index in [9.17, 15) is 4.79 Å². The van der Waals surface area contributed by atoms with Crippen LogP contribution in [0.5, 0.6) is 0 Å². The van der Waals surface area contributed by atoms with Crippen LogP contribution in [0.15, 0.2) is 30.5 Å². The number of H-pyrrole nitrogens is 1. The number of nitrogens with zero attached hydrogens (tertiary/aromatic N) is 1. The third kappa shape index (κ3) is 2.85. The van der Waals surface area contributed by atoms with Crippen LogP contribution in [-0.2, 0) is 11.2 Å². The van der Waals surface area contributed by atoms with E-state index in [1.165, 1.54) is 0 Å². The van der Waals surface area contributed by atoms with Gasteiger partial charge in [-0.25, -0.2) is 0 Å². The zero-order valence-electron chi connectivity index (χ0n) is 11.9. The number of amides is 1. The summed E-state index contributed by atoms with van der Waals surface area (Å²) >= 11 is 0. The molecule has 2 heterocycles. The Hall–Kier alpha value is -1.81. The topological polar surface area (TPSA) is 48.1 Å². The second-order valence-electron chi connectivity index (χ2n) is 5.68. The standard InChI is InChI=1S/C16H21N3O/c1-19-8-6-13(7-9-19)18-16(20)10-12-11-17-15-5-3-2-4-14(12)15/h2-5,11,13,17H,6-10H2,1H3,(H,18,20). The predicted octanol–water partition coefficient (Wildman–Crippen LogP) is 1.92. The van der Waals surface area contributed by atoms with Gasteiger partial charge in [0.25, 0.3) is 0 Å². The Balaban J connectivity index is 1.61. The van der Waals surface area contributed by atoms with Crippen LogP contribution in [0.3, 0.4) is 0 Å². The maximum absolute atomic E-state index is 12.2. The zero-order chi connectivity index (χ0) is 13.9. The minimum Gasteiger partial charge on any atom is -0.361 e. The lowest BCUT2D eigenvalue weighted by Gasteiger charge is -2.29. The van der Waals surface area contributed by atoms with Crippen LogP contribution in [0.4, 0.5) is 0 Å². The van der Waals surface area contributed by atoms with Crippen molar-refractivity contribution in [2.24, 2.45) is 0 Å². The maximum atomic E-state index is 12.2. The molecule has 4 nitrogen and oxygen atoms in total. The largest absolute Gasteiger partial charge is 0.361 e. The van der Waals surface area contributed by atoms with Crippen molar-refractivity contribution in [3.05, 3.63) is 36.0 Å². The number of carbonyl (C=O) groups is 1. The van der Waals surface area contributed by atoms with Crippen molar-refractivity contribution in [3.8, 4) is 0 Å². The molecule has 1 saturated heterocycles. The molecule has 0 bridgehead atoms. The smallest absolute Gasteiger partial charge is 0.224 e. The summed E-state index contributed by atoms with van der Waals surface area (Å²) in [4.78, 5) is 17.7. The number of hydrogen-bond acceptors (Lipinski definition) is 2. The summed E-state index contributed by atoms with van der Waals surface area (Å²) in [7, 11) is 2.13. The molecule has 3 rings (SSSR count). The molecule has 2 aromatic rings. The summed E-state index contributed by atoms with van der Waals surface area (Å²) < 4.78 is 0. The van der Waals surface area contributed by atoms with Crippen LogP contribution in [0.1, 0.15) is 18.4 Å². The van der Waals surface area contributed by atoms with Gasteiger partial charge >= 0.3 is 0 Å². The number of nitrogens with one attached hydrogen (secondary N) is 2.